The summed E-state index contributed by atoms with van der Waals surface area (Å²) >= 11 is 0. The fourth-order valence-electron chi connectivity index (χ4n) is 2.45. The van der Waals surface area contributed by atoms with Crippen LogP contribution in [0.4, 0.5) is 0 Å². The summed E-state index contributed by atoms with van der Waals surface area (Å²) in [6.45, 7) is 4.85. The number of ether oxygens (including phenoxy) is 1. The van der Waals surface area contributed by atoms with Gasteiger partial charge in [-0.15, -0.1) is 0 Å². The van der Waals surface area contributed by atoms with Crippen LogP contribution in [-0.2, 0) is 13.0 Å². The molecule has 106 valence electrons. The largest absolute Gasteiger partial charge is 0.493 e. The zero-order chi connectivity index (χ0) is 14.4. The molecule has 2 aromatic carbocycles. The number of benzene rings is 2. The third kappa shape index (κ3) is 3.84. The Hall–Kier alpha value is -1.80. The fourth-order valence-corrected chi connectivity index (χ4v) is 2.45. The van der Waals surface area contributed by atoms with Gasteiger partial charge in [0.2, 0.25) is 0 Å². The van der Waals surface area contributed by atoms with Crippen molar-refractivity contribution in [2.75, 3.05) is 6.61 Å². The molecule has 2 nitrogen and oxygen atoms in total. The van der Waals surface area contributed by atoms with E-state index in [1.165, 1.54) is 5.56 Å². The Balaban J connectivity index is 1.88. The van der Waals surface area contributed by atoms with E-state index in [9.17, 15) is 5.11 Å². The van der Waals surface area contributed by atoms with Crippen LogP contribution in [0.2, 0.25) is 0 Å². The average Bonchev–Trinajstić information content (AvgIpc) is 2.46. The summed E-state index contributed by atoms with van der Waals surface area (Å²) in [5, 5.41) is 9.18. The lowest BCUT2D eigenvalue weighted by molar-refractivity contribution is 0.280. The van der Waals surface area contributed by atoms with Gasteiger partial charge in [-0.05, 0) is 48.9 Å². The van der Waals surface area contributed by atoms with Gasteiger partial charge in [-0.25, -0.2) is 0 Å². The van der Waals surface area contributed by atoms with E-state index in [1.54, 1.807) is 0 Å². The van der Waals surface area contributed by atoms with Crippen LogP contribution in [-0.4, -0.2) is 11.7 Å². The van der Waals surface area contributed by atoms with Crippen LogP contribution in [0.1, 0.15) is 28.7 Å². The van der Waals surface area contributed by atoms with Gasteiger partial charge >= 0.3 is 0 Å². The number of aryl methyl sites for hydroxylation is 3. The van der Waals surface area contributed by atoms with Crippen LogP contribution >= 0.6 is 0 Å². The quantitative estimate of drug-likeness (QED) is 0.809. The topological polar surface area (TPSA) is 29.5 Å². The molecule has 0 aromatic heterocycles. The normalized spacial score (nSPS) is 10.6. The Labute approximate surface area is 121 Å². The van der Waals surface area contributed by atoms with Crippen molar-refractivity contribution in [1.82, 2.24) is 0 Å². The summed E-state index contributed by atoms with van der Waals surface area (Å²) in [7, 11) is 0. The van der Waals surface area contributed by atoms with Crippen molar-refractivity contribution in [1.29, 1.82) is 0 Å². The van der Waals surface area contributed by atoms with Gasteiger partial charge in [0.05, 0.1) is 13.2 Å². The zero-order valence-corrected chi connectivity index (χ0v) is 12.2. The lowest BCUT2D eigenvalue weighted by Crippen LogP contribution is -2.03. The van der Waals surface area contributed by atoms with E-state index in [0.29, 0.717) is 0 Å². The minimum atomic E-state index is 0.0793. The molecule has 0 bridgehead atoms. The summed E-state index contributed by atoms with van der Waals surface area (Å²) in [5.74, 6) is 0.954. The van der Waals surface area contributed by atoms with Crippen molar-refractivity contribution in [3.05, 3.63) is 64.7 Å². The summed E-state index contributed by atoms with van der Waals surface area (Å²) < 4.78 is 5.91. The van der Waals surface area contributed by atoms with Crippen molar-refractivity contribution in [3.8, 4) is 5.75 Å². The molecule has 0 heterocycles. The van der Waals surface area contributed by atoms with E-state index in [1.807, 2.05) is 32.0 Å². The molecular weight excluding hydrogens is 248 g/mol. The summed E-state index contributed by atoms with van der Waals surface area (Å²) in [4.78, 5) is 0. The van der Waals surface area contributed by atoms with Crippen molar-refractivity contribution in [2.45, 2.75) is 33.3 Å². The highest BCUT2D eigenvalue weighted by atomic mass is 16.5. The van der Waals surface area contributed by atoms with Gasteiger partial charge in [0.15, 0.2) is 0 Å². The molecule has 1 N–H and O–H groups in total. The molecule has 0 atom stereocenters. The monoisotopic (exact) mass is 270 g/mol. The van der Waals surface area contributed by atoms with Gasteiger partial charge in [-0.2, -0.15) is 0 Å². The van der Waals surface area contributed by atoms with Gasteiger partial charge in [-0.1, -0.05) is 42.5 Å². The maximum absolute atomic E-state index is 9.18. The minimum absolute atomic E-state index is 0.0793. The molecular formula is C18H22O2. The lowest BCUT2D eigenvalue weighted by Gasteiger charge is -2.13. The number of hydrogen-bond acceptors (Lipinski definition) is 2. The standard InChI is InChI=1S/C18H22O2/c1-14-11-17(13-19)12-15(2)18(14)20-10-6-9-16-7-4-3-5-8-16/h3-5,7-8,11-12,19H,6,9-10,13H2,1-2H3. The van der Waals surface area contributed by atoms with E-state index in [-0.39, 0.29) is 6.61 Å². The molecule has 0 aliphatic rings. The van der Waals surface area contributed by atoms with Crippen LogP contribution in [0, 0.1) is 13.8 Å². The predicted molar refractivity (Wildman–Crippen MR) is 82.1 cm³/mol. The van der Waals surface area contributed by atoms with Crippen LogP contribution in [0.5, 0.6) is 5.75 Å². The van der Waals surface area contributed by atoms with E-state index >= 15 is 0 Å². The SMILES string of the molecule is Cc1cc(CO)cc(C)c1OCCCc1ccccc1. The van der Waals surface area contributed by atoms with E-state index in [4.69, 9.17) is 4.74 Å². The predicted octanol–water partition coefficient (Wildman–Crippen LogP) is 3.81. The molecule has 0 radical (unpaired) electrons. The molecule has 0 fully saturated rings. The Morgan fingerprint density at radius 2 is 1.60 bits per heavy atom. The van der Waals surface area contributed by atoms with Gasteiger partial charge in [0.25, 0.3) is 0 Å². The first-order valence-corrected chi connectivity index (χ1v) is 7.08. The molecule has 0 saturated carbocycles. The van der Waals surface area contributed by atoms with Gasteiger partial charge in [0.1, 0.15) is 5.75 Å². The summed E-state index contributed by atoms with van der Waals surface area (Å²) in [6, 6.07) is 14.4. The van der Waals surface area contributed by atoms with Crippen LogP contribution in [0.25, 0.3) is 0 Å². The number of aliphatic hydroxyl groups is 1. The molecule has 0 aliphatic heterocycles. The highest BCUT2D eigenvalue weighted by molar-refractivity contribution is 5.43. The molecule has 0 spiro atoms. The van der Waals surface area contributed by atoms with E-state index in [2.05, 4.69) is 24.3 Å². The van der Waals surface area contributed by atoms with Crippen molar-refractivity contribution >= 4 is 0 Å². The molecule has 0 unspecified atom stereocenters. The van der Waals surface area contributed by atoms with E-state index in [0.717, 1.165) is 41.9 Å². The summed E-state index contributed by atoms with van der Waals surface area (Å²) in [6.07, 6.45) is 2.04. The van der Waals surface area contributed by atoms with Crippen LogP contribution in [0.3, 0.4) is 0 Å². The smallest absolute Gasteiger partial charge is 0.125 e. The first-order chi connectivity index (χ1) is 9.70. The maximum atomic E-state index is 9.18. The highest BCUT2D eigenvalue weighted by Gasteiger charge is 2.06. The van der Waals surface area contributed by atoms with Gasteiger partial charge < -0.3 is 9.84 Å². The second kappa shape index (κ2) is 7.11. The molecule has 2 heteroatoms. The molecule has 0 aliphatic carbocycles. The maximum Gasteiger partial charge on any atom is 0.125 e. The van der Waals surface area contributed by atoms with Crippen molar-refractivity contribution < 1.29 is 9.84 Å². The zero-order valence-electron chi connectivity index (χ0n) is 12.2. The third-order valence-electron chi connectivity index (χ3n) is 3.40. The number of aliphatic hydroxyl groups excluding tert-OH is 1. The Morgan fingerprint density at radius 3 is 2.20 bits per heavy atom. The fraction of sp³-hybridized carbons (Fsp3) is 0.333. The summed E-state index contributed by atoms with van der Waals surface area (Å²) in [5.41, 5.74) is 4.47. The number of rotatable bonds is 6. The first kappa shape index (κ1) is 14.6. The minimum Gasteiger partial charge on any atom is -0.493 e. The molecule has 20 heavy (non-hydrogen) atoms. The third-order valence-corrected chi connectivity index (χ3v) is 3.40. The highest BCUT2D eigenvalue weighted by Crippen LogP contribution is 2.25. The van der Waals surface area contributed by atoms with Crippen molar-refractivity contribution in [3.63, 3.8) is 0 Å². The van der Waals surface area contributed by atoms with Crippen LogP contribution < -0.4 is 4.74 Å². The van der Waals surface area contributed by atoms with Gasteiger partial charge in [-0.3, -0.25) is 0 Å². The lowest BCUT2D eigenvalue weighted by atomic mass is 10.1. The molecule has 0 amide bonds. The Kier molecular flexibility index (Phi) is 5.19. The Morgan fingerprint density at radius 1 is 0.950 bits per heavy atom. The molecule has 0 saturated heterocycles. The van der Waals surface area contributed by atoms with Crippen molar-refractivity contribution in [2.24, 2.45) is 0 Å². The van der Waals surface area contributed by atoms with Crippen LogP contribution in [0.15, 0.2) is 42.5 Å². The number of hydrogen-bond donors (Lipinski definition) is 1. The second-order valence-corrected chi connectivity index (χ2v) is 5.15. The molecule has 2 aromatic rings. The second-order valence-electron chi connectivity index (χ2n) is 5.15. The van der Waals surface area contributed by atoms with E-state index < -0.39 is 0 Å². The average molecular weight is 270 g/mol. The van der Waals surface area contributed by atoms with Gasteiger partial charge in [0, 0.05) is 0 Å². The Bertz CT molecular complexity index is 524. The first-order valence-electron chi connectivity index (χ1n) is 7.08. The molecule has 2 rings (SSSR count).